The molecule has 0 atom stereocenters. The zero-order valence-corrected chi connectivity index (χ0v) is 8.23. The predicted octanol–water partition coefficient (Wildman–Crippen LogP) is 0.707. The minimum Gasteiger partial charge on any atom is -0.270 e. The van der Waals surface area contributed by atoms with Crippen LogP contribution in [0.4, 0.5) is 0 Å². The quantitative estimate of drug-likeness (QED) is 0.439. The van der Waals surface area contributed by atoms with Gasteiger partial charge < -0.3 is 0 Å². The molecule has 0 aliphatic rings. The first-order chi connectivity index (χ1) is 6.29. The van der Waals surface area contributed by atoms with Crippen molar-refractivity contribution in [3.8, 4) is 12.3 Å². The van der Waals surface area contributed by atoms with E-state index >= 15 is 0 Å². The highest BCUT2D eigenvalue weighted by atomic mass is 32.2. The normalized spacial score (nSPS) is 9.85. The van der Waals surface area contributed by atoms with Crippen LogP contribution in [0.1, 0.15) is 13.3 Å². The third kappa shape index (κ3) is 2.39. The molecule has 70 valence electrons. The van der Waals surface area contributed by atoms with Gasteiger partial charge in [0.25, 0.3) is 0 Å². The lowest BCUT2D eigenvalue weighted by atomic mass is 10.5. The van der Waals surface area contributed by atoms with E-state index in [4.69, 9.17) is 6.42 Å². The van der Waals surface area contributed by atoms with Crippen LogP contribution in [-0.2, 0) is 6.54 Å². The van der Waals surface area contributed by atoms with E-state index in [0.29, 0.717) is 18.1 Å². The maximum Gasteiger partial charge on any atom is 0.343 e. The van der Waals surface area contributed by atoms with Gasteiger partial charge in [-0.3, -0.25) is 4.57 Å². The maximum absolute atomic E-state index is 11.1. The van der Waals surface area contributed by atoms with Crippen LogP contribution in [-0.4, -0.2) is 20.5 Å². The van der Waals surface area contributed by atoms with Gasteiger partial charge in [-0.25, -0.2) is 9.89 Å². The SMILES string of the molecule is C#CCCSc1n[nH]c(=O)n1CC. The average molecular weight is 197 g/mol. The van der Waals surface area contributed by atoms with Crippen molar-refractivity contribution in [2.45, 2.75) is 25.0 Å². The molecule has 0 fully saturated rings. The molecule has 0 aliphatic heterocycles. The van der Waals surface area contributed by atoms with E-state index in [1.54, 1.807) is 4.57 Å². The van der Waals surface area contributed by atoms with Crippen LogP contribution in [0.25, 0.3) is 0 Å². The van der Waals surface area contributed by atoms with Crippen LogP contribution in [0.15, 0.2) is 9.95 Å². The molecule has 0 spiro atoms. The van der Waals surface area contributed by atoms with Gasteiger partial charge in [-0.15, -0.1) is 17.4 Å². The highest BCUT2D eigenvalue weighted by Crippen LogP contribution is 2.13. The Balaban J connectivity index is 2.67. The topological polar surface area (TPSA) is 50.7 Å². The monoisotopic (exact) mass is 197 g/mol. The molecule has 0 aliphatic carbocycles. The Morgan fingerprint density at radius 3 is 3.15 bits per heavy atom. The van der Waals surface area contributed by atoms with Gasteiger partial charge in [-0.05, 0) is 6.92 Å². The minimum absolute atomic E-state index is 0.161. The molecule has 1 rings (SSSR count). The first kappa shape index (κ1) is 9.93. The molecular formula is C8H11N3OS. The second kappa shape index (κ2) is 4.77. The highest BCUT2D eigenvalue weighted by molar-refractivity contribution is 7.99. The largest absolute Gasteiger partial charge is 0.343 e. The zero-order valence-electron chi connectivity index (χ0n) is 7.41. The molecule has 5 heteroatoms. The van der Waals surface area contributed by atoms with E-state index in [-0.39, 0.29) is 5.69 Å². The standard InChI is InChI=1S/C8H11N3OS/c1-3-5-6-13-8-10-9-7(12)11(8)4-2/h1H,4-6H2,2H3,(H,9,12). The lowest BCUT2D eigenvalue weighted by Crippen LogP contribution is -2.16. The molecule has 0 aromatic carbocycles. The summed E-state index contributed by atoms with van der Waals surface area (Å²) in [6, 6.07) is 0. The fraction of sp³-hybridized carbons (Fsp3) is 0.500. The lowest BCUT2D eigenvalue weighted by Gasteiger charge is -1.98. The Hall–Kier alpha value is -1.15. The number of terminal acetylenes is 1. The summed E-state index contributed by atoms with van der Waals surface area (Å²) in [6.07, 6.45) is 5.80. The van der Waals surface area contributed by atoms with Crippen LogP contribution in [0, 0.1) is 12.3 Å². The second-order valence-electron chi connectivity index (χ2n) is 2.36. The number of nitrogens with one attached hydrogen (secondary N) is 1. The summed E-state index contributed by atoms with van der Waals surface area (Å²) in [7, 11) is 0. The smallest absolute Gasteiger partial charge is 0.270 e. The van der Waals surface area contributed by atoms with E-state index in [1.165, 1.54) is 11.8 Å². The summed E-state index contributed by atoms with van der Waals surface area (Å²) in [5, 5.41) is 6.99. The van der Waals surface area contributed by atoms with Crippen molar-refractivity contribution < 1.29 is 0 Å². The van der Waals surface area contributed by atoms with Crippen molar-refractivity contribution in [2.75, 3.05) is 5.75 Å². The third-order valence-electron chi connectivity index (χ3n) is 1.52. The fourth-order valence-electron chi connectivity index (χ4n) is 0.894. The average Bonchev–Trinajstić information content (AvgIpc) is 2.47. The summed E-state index contributed by atoms with van der Waals surface area (Å²) >= 11 is 1.50. The molecule has 0 amide bonds. The molecule has 0 unspecified atom stereocenters. The van der Waals surface area contributed by atoms with Gasteiger partial charge >= 0.3 is 5.69 Å². The Bertz CT molecular complexity index is 360. The fourth-order valence-corrected chi connectivity index (χ4v) is 1.77. The Labute approximate surface area is 80.7 Å². The number of aromatic amines is 1. The van der Waals surface area contributed by atoms with Crippen LogP contribution in [0.2, 0.25) is 0 Å². The maximum atomic E-state index is 11.1. The van der Waals surface area contributed by atoms with Crippen molar-refractivity contribution in [3.63, 3.8) is 0 Å². The number of rotatable bonds is 4. The van der Waals surface area contributed by atoms with Gasteiger partial charge in [-0.2, -0.15) is 0 Å². The summed E-state index contributed by atoms with van der Waals surface area (Å²) in [5.41, 5.74) is -0.161. The number of H-pyrrole nitrogens is 1. The summed E-state index contributed by atoms with van der Waals surface area (Å²) < 4.78 is 1.58. The molecule has 1 aromatic rings. The molecule has 0 radical (unpaired) electrons. The van der Waals surface area contributed by atoms with Crippen LogP contribution in [0.3, 0.4) is 0 Å². The second-order valence-corrected chi connectivity index (χ2v) is 3.42. The molecule has 1 aromatic heterocycles. The molecule has 1 N–H and O–H groups in total. The van der Waals surface area contributed by atoms with Crippen LogP contribution in [0.5, 0.6) is 0 Å². The molecule has 0 bridgehead atoms. The first-order valence-corrected chi connectivity index (χ1v) is 4.99. The van der Waals surface area contributed by atoms with E-state index in [0.717, 1.165) is 5.75 Å². The molecule has 0 saturated carbocycles. The summed E-state index contributed by atoms with van der Waals surface area (Å²) in [5.74, 6) is 3.33. The van der Waals surface area contributed by atoms with E-state index < -0.39 is 0 Å². The number of hydrogen-bond donors (Lipinski definition) is 1. The van der Waals surface area contributed by atoms with Gasteiger partial charge in [0, 0.05) is 18.7 Å². The Morgan fingerprint density at radius 2 is 2.54 bits per heavy atom. The number of thioether (sulfide) groups is 1. The van der Waals surface area contributed by atoms with Gasteiger partial charge in [0.05, 0.1) is 0 Å². The van der Waals surface area contributed by atoms with E-state index in [9.17, 15) is 4.79 Å². The highest BCUT2D eigenvalue weighted by Gasteiger charge is 2.05. The third-order valence-corrected chi connectivity index (χ3v) is 2.50. The number of nitrogens with zero attached hydrogens (tertiary/aromatic N) is 2. The van der Waals surface area contributed by atoms with Gasteiger partial charge in [0.1, 0.15) is 0 Å². The molecule has 0 saturated heterocycles. The number of aromatic nitrogens is 3. The Kier molecular flexibility index (Phi) is 3.65. The van der Waals surface area contributed by atoms with E-state index in [2.05, 4.69) is 16.1 Å². The lowest BCUT2D eigenvalue weighted by molar-refractivity contribution is 0.660. The molecule has 1 heterocycles. The van der Waals surface area contributed by atoms with E-state index in [1.807, 2.05) is 6.92 Å². The van der Waals surface area contributed by atoms with Crippen molar-refractivity contribution in [1.29, 1.82) is 0 Å². The molecule has 4 nitrogen and oxygen atoms in total. The zero-order chi connectivity index (χ0) is 9.68. The van der Waals surface area contributed by atoms with Gasteiger partial charge in [0.2, 0.25) is 0 Å². The predicted molar refractivity (Wildman–Crippen MR) is 52.7 cm³/mol. The van der Waals surface area contributed by atoms with Crippen molar-refractivity contribution in [2.24, 2.45) is 0 Å². The first-order valence-electron chi connectivity index (χ1n) is 4.01. The summed E-state index contributed by atoms with van der Waals surface area (Å²) in [4.78, 5) is 11.1. The molecule has 13 heavy (non-hydrogen) atoms. The Morgan fingerprint density at radius 1 is 1.77 bits per heavy atom. The van der Waals surface area contributed by atoms with Crippen LogP contribution >= 0.6 is 11.8 Å². The van der Waals surface area contributed by atoms with Gasteiger partial charge in [0.15, 0.2) is 5.16 Å². The van der Waals surface area contributed by atoms with Crippen molar-refractivity contribution in [1.82, 2.24) is 14.8 Å². The summed E-state index contributed by atoms with van der Waals surface area (Å²) in [6.45, 7) is 2.54. The van der Waals surface area contributed by atoms with Gasteiger partial charge in [-0.1, -0.05) is 11.8 Å². The van der Waals surface area contributed by atoms with Crippen molar-refractivity contribution in [3.05, 3.63) is 10.5 Å². The minimum atomic E-state index is -0.161. The van der Waals surface area contributed by atoms with Crippen molar-refractivity contribution >= 4 is 11.8 Å². The van der Waals surface area contributed by atoms with Crippen LogP contribution < -0.4 is 5.69 Å². The number of hydrogen-bond acceptors (Lipinski definition) is 3. The molecular weight excluding hydrogens is 186 g/mol.